The van der Waals surface area contributed by atoms with Crippen LogP contribution in [0.3, 0.4) is 0 Å². The largest absolute Gasteiger partial charge is 0.377 e. The van der Waals surface area contributed by atoms with Crippen LogP contribution in [0.2, 0.25) is 0 Å². The zero-order valence-corrected chi connectivity index (χ0v) is 9.17. The highest BCUT2D eigenvalue weighted by Gasteiger charge is 1.94. The first kappa shape index (κ1) is 10.9. The number of hydrogen-bond donors (Lipinski definition) is 0. The van der Waals surface area contributed by atoms with Crippen molar-refractivity contribution in [2.45, 2.75) is 0 Å². The zero-order valence-electron chi connectivity index (χ0n) is 9.17. The summed E-state index contributed by atoms with van der Waals surface area (Å²) < 4.78 is 4.50. The molecule has 1 heterocycles. The molecule has 1 aliphatic heterocycles. The smallest absolute Gasteiger partial charge is 0.0701 e. The van der Waals surface area contributed by atoms with Crippen molar-refractivity contribution in [1.82, 2.24) is 0 Å². The van der Waals surface area contributed by atoms with Crippen molar-refractivity contribution >= 4 is 0 Å². The fourth-order valence-corrected chi connectivity index (χ4v) is 1.29. The van der Waals surface area contributed by atoms with Crippen LogP contribution >= 0.6 is 0 Å². The van der Waals surface area contributed by atoms with E-state index in [1.54, 1.807) is 0 Å². The second kappa shape index (κ2) is 6.09. The molecule has 3 rings (SSSR count). The molecule has 0 spiro atoms. The summed E-state index contributed by atoms with van der Waals surface area (Å²) in [6.07, 6.45) is 2.17. The SMILES string of the molecule is C1CO1.[CH](c1ccccc1)c1ccccc1. The highest BCUT2D eigenvalue weighted by atomic mass is 16.6. The van der Waals surface area contributed by atoms with Gasteiger partial charge in [-0.25, -0.2) is 0 Å². The van der Waals surface area contributed by atoms with Gasteiger partial charge in [-0.05, 0) is 11.1 Å². The number of epoxide rings is 1. The monoisotopic (exact) mass is 211 g/mol. The first-order chi connectivity index (χ1) is 7.95. The van der Waals surface area contributed by atoms with Crippen LogP contribution in [-0.2, 0) is 4.74 Å². The van der Waals surface area contributed by atoms with Crippen LogP contribution in [-0.4, -0.2) is 13.2 Å². The number of ether oxygens (including phenoxy) is 1. The van der Waals surface area contributed by atoms with Crippen LogP contribution < -0.4 is 0 Å². The van der Waals surface area contributed by atoms with Crippen molar-refractivity contribution in [1.29, 1.82) is 0 Å². The quantitative estimate of drug-likeness (QED) is 0.694. The third-order valence-corrected chi connectivity index (χ3v) is 2.14. The molecule has 2 aromatic carbocycles. The van der Waals surface area contributed by atoms with Crippen molar-refractivity contribution in [2.75, 3.05) is 13.2 Å². The van der Waals surface area contributed by atoms with Crippen molar-refractivity contribution in [3.05, 3.63) is 78.2 Å². The van der Waals surface area contributed by atoms with Crippen LogP contribution in [0, 0.1) is 6.42 Å². The topological polar surface area (TPSA) is 12.5 Å². The molecule has 16 heavy (non-hydrogen) atoms. The van der Waals surface area contributed by atoms with Crippen molar-refractivity contribution in [3.63, 3.8) is 0 Å². The Balaban J connectivity index is 0.000000278. The Bertz CT molecular complexity index is 352. The lowest BCUT2D eigenvalue weighted by molar-refractivity contribution is 0.475. The Hall–Kier alpha value is -1.60. The van der Waals surface area contributed by atoms with Gasteiger partial charge < -0.3 is 4.74 Å². The van der Waals surface area contributed by atoms with Crippen LogP contribution in [0.15, 0.2) is 60.7 Å². The van der Waals surface area contributed by atoms with Gasteiger partial charge in [0.15, 0.2) is 0 Å². The molecule has 1 radical (unpaired) electrons. The molecule has 0 bridgehead atoms. The van der Waals surface area contributed by atoms with E-state index in [4.69, 9.17) is 0 Å². The summed E-state index contributed by atoms with van der Waals surface area (Å²) in [5.41, 5.74) is 2.49. The summed E-state index contributed by atoms with van der Waals surface area (Å²) in [6, 6.07) is 20.7. The van der Waals surface area contributed by atoms with E-state index < -0.39 is 0 Å². The predicted octanol–water partition coefficient (Wildman–Crippen LogP) is 3.30. The summed E-state index contributed by atoms with van der Waals surface area (Å²) >= 11 is 0. The molecule has 81 valence electrons. The molecule has 0 saturated carbocycles. The first-order valence-electron chi connectivity index (χ1n) is 5.48. The standard InChI is InChI=1S/C13H11.C2H4O/c1-3-7-12(8-4-1)11-13-9-5-2-6-10-13;1-2-3-1/h1-11H;1-2H2. The van der Waals surface area contributed by atoms with E-state index in [1.165, 1.54) is 11.1 Å². The van der Waals surface area contributed by atoms with Crippen LogP contribution in [0.1, 0.15) is 11.1 Å². The molecule has 0 amide bonds. The van der Waals surface area contributed by atoms with Crippen LogP contribution in [0.4, 0.5) is 0 Å². The summed E-state index contributed by atoms with van der Waals surface area (Å²) in [5.74, 6) is 0. The van der Waals surface area contributed by atoms with E-state index in [0.717, 1.165) is 13.2 Å². The molecule has 2 aromatic rings. The van der Waals surface area contributed by atoms with E-state index >= 15 is 0 Å². The highest BCUT2D eigenvalue weighted by molar-refractivity contribution is 5.36. The van der Waals surface area contributed by atoms with Gasteiger partial charge >= 0.3 is 0 Å². The van der Waals surface area contributed by atoms with Gasteiger partial charge in [0.05, 0.1) is 13.2 Å². The van der Waals surface area contributed by atoms with Gasteiger partial charge in [-0.1, -0.05) is 60.7 Å². The van der Waals surface area contributed by atoms with Gasteiger partial charge in [-0.3, -0.25) is 0 Å². The van der Waals surface area contributed by atoms with Gasteiger partial charge in [0.1, 0.15) is 0 Å². The zero-order chi connectivity index (χ0) is 11.1. The van der Waals surface area contributed by atoms with Crippen molar-refractivity contribution in [3.8, 4) is 0 Å². The predicted molar refractivity (Wildman–Crippen MR) is 66.2 cm³/mol. The fourth-order valence-electron chi connectivity index (χ4n) is 1.29. The Morgan fingerprint density at radius 3 is 1.38 bits per heavy atom. The van der Waals surface area contributed by atoms with Crippen LogP contribution in [0.25, 0.3) is 0 Å². The third kappa shape index (κ3) is 4.28. The lowest BCUT2D eigenvalue weighted by atomic mass is 10.1. The Kier molecular flexibility index (Phi) is 4.15. The Morgan fingerprint density at radius 2 is 1.06 bits per heavy atom. The normalized spacial score (nSPS) is 12.5. The van der Waals surface area contributed by atoms with Gasteiger partial charge in [0.2, 0.25) is 0 Å². The molecular formula is C15H15O. The molecule has 1 fully saturated rings. The average Bonchev–Trinajstić information content (AvgIpc) is 3.19. The maximum absolute atomic E-state index is 4.50. The van der Waals surface area contributed by atoms with E-state index in [2.05, 4.69) is 59.7 Å². The van der Waals surface area contributed by atoms with Gasteiger partial charge in [0, 0.05) is 6.42 Å². The summed E-state index contributed by atoms with van der Waals surface area (Å²) in [4.78, 5) is 0. The number of hydrogen-bond acceptors (Lipinski definition) is 1. The summed E-state index contributed by atoms with van der Waals surface area (Å²) in [5, 5.41) is 0. The average molecular weight is 211 g/mol. The minimum Gasteiger partial charge on any atom is -0.377 e. The van der Waals surface area contributed by atoms with Crippen molar-refractivity contribution < 1.29 is 4.74 Å². The van der Waals surface area contributed by atoms with Crippen molar-refractivity contribution in [2.24, 2.45) is 0 Å². The number of benzene rings is 2. The highest BCUT2D eigenvalue weighted by Crippen LogP contribution is 2.10. The van der Waals surface area contributed by atoms with E-state index in [-0.39, 0.29) is 0 Å². The lowest BCUT2D eigenvalue weighted by Gasteiger charge is -1.99. The second-order valence-electron chi connectivity index (χ2n) is 3.58. The molecule has 1 saturated heterocycles. The minimum absolute atomic E-state index is 1.00. The molecule has 0 atom stereocenters. The molecule has 0 aliphatic carbocycles. The van der Waals surface area contributed by atoms with E-state index in [9.17, 15) is 0 Å². The molecular weight excluding hydrogens is 196 g/mol. The van der Waals surface area contributed by atoms with Gasteiger partial charge in [-0.2, -0.15) is 0 Å². The first-order valence-corrected chi connectivity index (χ1v) is 5.48. The molecule has 0 unspecified atom stereocenters. The lowest BCUT2D eigenvalue weighted by Crippen LogP contribution is -1.82. The Morgan fingerprint density at radius 1 is 0.688 bits per heavy atom. The fraction of sp³-hybridized carbons (Fsp3) is 0.133. The second-order valence-corrected chi connectivity index (χ2v) is 3.58. The van der Waals surface area contributed by atoms with Gasteiger partial charge in [0.25, 0.3) is 0 Å². The van der Waals surface area contributed by atoms with Gasteiger partial charge in [-0.15, -0.1) is 0 Å². The molecule has 1 nitrogen and oxygen atoms in total. The minimum atomic E-state index is 1.00. The Labute approximate surface area is 96.7 Å². The van der Waals surface area contributed by atoms with Crippen LogP contribution in [0.5, 0.6) is 0 Å². The molecule has 0 aromatic heterocycles. The molecule has 1 heteroatoms. The maximum atomic E-state index is 4.50. The maximum Gasteiger partial charge on any atom is 0.0701 e. The summed E-state index contributed by atoms with van der Waals surface area (Å²) in [6.45, 7) is 2.00. The van der Waals surface area contributed by atoms with E-state index in [0.29, 0.717) is 0 Å². The molecule has 1 aliphatic rings. The third-order valence-electron chi connectivity index (χ3n) is 2.14. The van der Waals surface area contributed by atoms with E-state index in [1.807, 2.05) is 12.1 Å². The number of rotatable bonds is 2. The molecule has 0 N–H and O–H groups in total. The summed E-state index contributed by atoms with van der Waals surface area (Å²) in [7, 11) is 0.